The lowest BCUT2D eigenvalue weighted by molar-refractivity contribution is 0.0949. The van der Waals surface area contributed by atoms with E-state index in [2.05, 4.69) is 29.0 Å². The lowest BCUT2D eigenvalue weighted by Crippen LogP contribution is -2.27. The minimum Gasteiger partial charge on any atom is -0.378 e. The lowest BCUT2D eigenvalue weighted by atomic mass is 10.1. The molecule has 7 heteroatoms. The van der Waals surface area contributed by atoms with Gasteiger partial charge in [0.1, 0.15) is 5.82 Å². The van der Waals surface area contributed by atoms with Crippen LogP contribution in [0.15, 0.2) is 35.5 Å². The van der Waals surface area contributed by atoms with Gasteiger partial charge in [0.2, 0.25) is 0 Å². The Morgan fingerprint density at radius 1 is 1.21 bits per heavy atom. The number of amides is 1. The molecule has 0 radical (unpaired) electrons. The fourth-order valence-corrected chi connectivity index (χ4v) is 3.98. The quantitative estimate of drug-likeness (QED) is 0.496. The van der Waals surface area contributed by atoms with Crippen molar-refractivity contribution in [1.82, 2.24) is 15.3 Å². The standard InChI is InChI=1S/C22H30N4O2S/c1-16(2)13-23-21(27)18-8-6-17(7-9-18)15-29-22-24-19(14-28-3)12-20(25-22)26-10-4-5-11-26/h6-9,12,16H,4-5,10-11,13-15H2,1-3H3,(H,23,27). The number of ether oxygens (including phenoxy) is 1. The normalized spacial score (nSPS) is 13.9. The number of carbonyl (C=O) groups excluding carboxylic acids is 1. The van der Waals surface area contributed by atoms with Crippen molar-refractivity contribution in [3.8, 4) is 0 Å². The summed E-state index contributed by atoms with van der Waals surface area (Å²) in [6.45, 7) is 7.43. The Hall–Kier alpha value is -2.12. The SMILES string of the molecule is COCc1cc(N2CCCC2)nc(SCc2ccc(C(=O)NCC(C)C)cc2)n1. The van der Waals surface area contributed by atoms with Crippen molar-refractivity contribution in [3.63, 3.8) is 0 Å². The predicted molar refractivity (Wildman–Crippen MR) is 117 cm³/mol. The largest absolute Gasteiger partial charge is 0.378 e. The van der Waals surface area contributed by atoms with Crippen molar-refractivity contribution in [2.24, 2.45) is 5.92 Å². The first-order valence-electron chi connectivity index (χ1n) is 10.2. The summed E-state index contributed by atoms with van der Waals surface area (Å²) < 4.78 is 5.28. The Morgan fingerprint density at radius 2 is 1.93 bits per heavy atom. The zero-order valence-corrected chi connectivity index (χ0v) is 18.3. The van der Waals surface area contributed by atoms with Gasteiger partial charge in [-0.1, -0.05) is 37.7 Å². The second-order valence-corrected chi connectivity index (χ2v) is 8.66. The van der Waals surface area contributed by atoms with Gasteiger partial charge in [0.25, 0.3) is 5.91 Å². The third-order valence-electron chi connectivity index (χ3n) is 4.72. The second-order valence-electron chi connectivity index (χ2n) is 7.72. The van der Waals surface area contributed by atoms with Crippen molar-refractivity contribution < 1.29 is 9.53 Å². The maximum absolute atomic E-state index is 12.1. The Balaban J connectivity index is 1.63. The molecular weight excluding hydrogens is 384 g/mol. The Bertz CT molecular complexity index is 805. The lowest BCUT2D eigenvalue weighted by Gasteiger charge is -2.17. The molecule has 1 N–H and O–H groups in total. The number of anilines is 1. The molecule has 2 aromatic rings. The molecule has 0 aliphatic carbocycles. The van der Waals surface area contributed by atoms with Gasteiger partial charge in [-0.15, -0.1) is 0 Å². The van der Waals surface area contributed by atoms with E-state index in [1.807, 2.05) is 30.3 Å². The summed E-state index contributed by atoms with van der Waals surface area (Å²) in [6, 6.07) is 9.78. The number of rotatable bonds is 9. The van der Waals surface area contributed by atoms with E-state index in [0.29, 0.717) is 24.6 Å². The van der Waals surface area contributed by atoms with Crippen molar-refractivity contribution in [2.45, 2.75) is 44.2 Å². The van der Waals surface area contributed by atoms with Crippen molar-refractivity contribution in [2.75, 3.05) is 31.6 Å². The van der Waals surface area contributed by atoms with Crippen LogP contribution in [0.1, 0.15) is 48.3 Å². The van der Waals surface area contributed by atoms with Gasteiger partial charge < -0.3 is 15.0 Å². The molecule has 1 fully saturated rings. The maximum Gasteiger partial charge on any atom is 0.251 e. The molecule has 1 saturated heterocycles. The molecular formula is C22H30N4O2S. The number of carbonyl (C=O) groups is 1. The molecule has 0 saturated carbocycles. The van der Waals surface area contributed by atoms with Crippen LogP contribution in [0, 0.1) is 5.92 Å². The van der Waals surface area contributed by atoms with Gasteiger partial charge in [-0.3, -0.25) is 4.79 Å². The number of benzene rings is 1. The number of thioether (sulfide) groups is 1. The van der Waals surface area contributed by atoms with Crippen LogP contribution in [-0.2, 0) is 17.1 Å². The van der Waals surface area contributed by atoms with Crippen LogP contribution in [0.5, 0.6) is 0 Å². The van der Waals surface area contributed by atoms with Gasteiger partial charge in [-0.05, 0) is 36.5 Å². The number of hydrogen-bond acceptors (Lipinski definition) is 6. The highest BCUT2D eigenvalue weighted by Crippen LogP contribution is 2.25. The number of methoxy groups -OCH3 is 1. The zero-order chi connectivity index (χ0) is 20.6. The van der Waals surface area contributed by atoms with Crippen LogP contribution in [0.2, 0.25) is 0 Å². The molecule has 3 rings (SSSR count). The van der Waals surface area contributed by atoms with Crippen LogP contribution in [0.4, 0.5) is 5.82 Å². The van der Waals surface area contributed by atoms with Gasteiger partial charge in [0, 0.05) is 44.1 Å². The van der Waals surface area contributed by atoms with E-state index in [0.717, 1.165) is 41.1 Å². The minimum absolute atomic E-state index is 0.0243. The molecule has 6 nitrogen and oxygen atoms in total. The summed E-state index contributed by atoms with van der Waals surface area (Å²) in [6.07, 6.45) is 2.42. The highest BCUT2D eigenvalue weighted by molar-refractivity contribution is 7.98. The van der Waals surface area contributed by atoms with Crippen molar-refractivity contribution >= 4 is 23.5 Å². The molecule has 0 bridgehead atoms. The van der Waals surface area contributed by atoms with Crippen molar-refractivity contribution in [1.29, 1.82) is 0 Å². The van der Waals surface area contributed by atoms with Gasteiger partial charge in [-0.2, -0.15) is 0 Å². The second kappa shape index (κ2) is 10.6. The monoisotopic (exact) mass is 414 g/mol. The van der Waals surface area contributed by atoms with Crippen LogP contribution in [0.3, 0.4) is 0 Å². The van der Waals surface area contributed by atoms with E-state index < -0.39 is 0 Å². The molecule has 1 amide bonds. The van der Waals surface area contributed by atoms with E-state index in [9.17, 15) is 4.79 Å². The molecule has 1 aliphatic heterocycles. The summed E-state index contributed by atoms with van der Waals surface area (Å²) in [7, 11) is 1.68. The summed E-state index contributed by atoms with van der Waals surface area (Å²) >= 11 is 1.61. The number of nitrogens with zero attached hydrogens (tertiary/aromatic N) is 3. The van der Waals surface area contributed by atoms with E-state index in [-0.39, 0.29) is 5.91 Å². The number of aromatic nitrogens is 2. The number of hydrogen-bond donors (Lipinski definition) is 1. The predicted octanol–water partition coefficient (Wildman–Crippen LogP) is 3.90. The fourth-order valence-electron chi connectivity index (χ4n) is 3.15. The Kier molecular flexibility index (Phi) is 7.89. The first kappa shape index (κ1) is 21.6. The third-order valence-corrected chi connectivity index (χ3v) is 5.64. The molecule has 29 heavy (non-hydrogen) atoms. The average molecular weight is 415 g/mol. The summed E-state index contributed by atoms with van der Waals surface area (Å²) in [5.41, 5.74) is 2.73. The van der Waals surface area contributed by atoms with Gasteiger partial charge in [0.15, 0.2) is 5.16 Å². The highest BCUT2D eigenvalue weighted by atomic mass is 32.2. The minimum atomic E-state index is -0.0243. The van der Waals surface area contributed by atoms with Crippen LogP contribution >= 0.6 is 11.8 Å². The molecule has 156 valence electrons. The van der Waals surface area contributed by atoms with E-state index >= 15 is 0 Å². The molecule has 0 spiro atoms. The fraction of sp³-hybridized carbons (Fsp3) is 0.500. The van der Waals surface area contributed by atoms with E-state index in [1.165, 1.54) is 12.8 Å². The van der Waals surface area contributed by atoms with Gasteiger partial charge in [-0.25, -0.2) is 9.97 Å². The van der Waals surface area contributed by atoms with E-state index in [1.54, 1.807) is 18.9 Å². The zero-order valence-electron chi connectivity index (χ0n) is 17.5. The average Bonchev–Trinajstić information content (AvgIpc) is 3.26. The molecule has 1 aromatic heterocycles. The Morgan fingerprint density at radius 3 is 2.59 bits per heavy atom. The Labute approximate surface area is 177 Å². The smallest absolute Gasteiger partial charge is 0.251 e. The third kappa shape index (κ3) is 6.44. The maximum atomic E-state index is 12.1. The molecule has 0 atom stereocenters. The molecule has 2 heterocycles. The van der Waals surface area contributed by atoms with Crippen LogP contribution in [0.25, 0.3) is 0 Å². The summed E-state index contributed by atoms with van der Waals surface area (Å²) in [5, 5.41) is 3.71. The van der Waals surface area contributed by atoms with Crippen LogP contribution < -0.4 is 10.2 Å². The summed E-state index contributed by atoms with van der Waals surface area (Å²) in [4.78, 5) is 23.9. The number of nitrogens with one attached hydrogen (secondary N) is 1. The topological polar surface area (TPSA) is 67.3 Å². The molecule has 1 aromatic carbocycles. The first-order chi connectivity index (χ1) is 14.0. The van der Waals surface area contributed by atoms with Gasteiger partial charge in [0.05, 0.1) is 12.3 Å². The van der Waals surface area contributed by atoms with Crippen LogP contribution in [-0.4, -0.2) is 42.6 Å². The van der Waals surface area contributed by atoms with Gasteiger partial charge >= 0.3 is 0 Å². The highest BCUT2D eigenvalue weighted by Gasteiger charge is 2.16. The first-order valence-corrected chi connectivity index (χ1v) is 11.2. The molecule has 1 aliphatic rings. The van der Waals surface area contributed by atoms with E-state index in [4.69, 9.17) is 9.72 Å². The van der Waals surface area contributed by atoms with Crippen molar-refractivity contribution in [3.05, 3.63) is 47.2 Å². The summed E-state index contributed by atoms with van der Waals surface area (Å²) in [5.74, 6) is 2.16. The molecule has 0 unspecified atom stereocenters.